The predicted octanol–water partition coefficient (Wildman–Crippen LogP) is 14.9. The van der Waals surface area contributed by atoms with Gasteiger partial charge in [0.1, 0.15) is 11.2 Å². The molecule has 0 saturated carbocycles. The summed E-state index contributed by atoms with van der Waals surface area (Å²) in [7, 11) is 0. The van der Waals surface area contributed by atoms with Crippen molar-refractivity contribution in [1.29, 1.82) is 0 Å². The molecular formula is C52H35NO. The van der Waals surface area contributed by atoms with Gasteiger partial charge < -0.3 is 9.32 Å². The van der Waals surface area contributed by atoms with Crippen molar-refractivity contribution in [3.8, 4) is 44.5 Å². The van der Waals surface area contributed by atoms with Gasteiger partial charge in [-0.15, -0.1) is 0 Å². The van der Waals surface area contributed by atoms with E-state index < -0.39 is 0 Å². The Bertz CT molecular complexity index is 2890. The molecule has 2 heteroatoms. The fourth-order valence-electron chi connectivity index (χ4n) is 7.87. The van der Waals surface area contributed by atoms with Crippen molar-refractivity contribution >= 4 is 49.8 Å². The van der Waals surface area contributed by atoms with E-state index in [9.17, 15) is 0 Å². The first kappa shape index (κ1) is 31.6. The molecule has 0 aliphatic rings. The van der Waals surface area contributed by atoms with E-state index in [-0.39, 0.29) is 0 Å². The topological polar surface area (TPSA) is 16.4 Å². The van der Waals surface area contributed by atoms with Gasteiger partial charge in [-0.1, -0.05) is 170 Å². The molecule has 0 aliphatic heterocycles. The van der Waals surface area contributed by atoms with Crippen LogP contribution in [0.4, 0.5) is 17.1 Å². The second-order valence-electron chi connectivity index (χ2n) is 13.7. The maximum Gasteiger partial charge on any atom is 0.136 e. The molecule has 54 heavy (non-hydrogen) atoms. The summed E-state index contributed by atoms with van der Waals surface area (Å²) in [5.41, 5.74) is 14.5. The van der Waals surface area contributed by atoms with Crippen LogP contribution in [0.2, 0.25) is 0 Å². The van der Waals surface area contributed by atoms with Crippen LogP contribution in [-0.2, 0) is 0 Å². The van der Waals surface area contributed by atoms with Crippen LogP contribution in [0.3, 0.4) is 0 Å². The lowest BCUT2D eigenvalue weighted by molar-refractivity contribution is 0.669. The third-order valence-corrected chi connectivity index (χ3v) is 10.5. The number of para-hydroxylation sites is 2. The van der Waals surface area contributed by atoms with Crippen molar-refractivity contribution in [1.82, 2.24) is 0 Å². The molecule has 0 amide bonds. The molecule has 0 unspecified atom stereocenters. The highest BCUT2D eigenvalue weighted by Crippen LogP contribution is 2.45. The molecule has 0 bridgehead atoms. The molecule has 254 valence electrons. The number of rotatable bonds is 7. The normalized spacial score (nSPS) is 11.3. The molecule has 0 saturated heterocycles. The first-order valence-corrected chi connectivity index (χ1v) is 18.4. The minimum Gasteiger partial charge on any atom is -0.456 e. The highest BCUT2D eigenvalue weighted by Gasteiger charge is 2.20. The zero-order chi connectivity index (χ0) is 35.8. The second kappa shape index (κ2) is 13.4. The van der Waals surface area contributed by atoms with Crippen molar-refractivity contribution in [3.05, 3.63) is 212 Å². The van der Waals surface area contributed by atoms with Gasteiger partial charge in [0.15, 0.2) is 0 Å². The monoisotopic (exact) mass is 689 g/mol. The zero-order valence-electron chi connectivity index (χ0n) is 29.6. The maximum absolute atomic E-state index is 6.47. The van der Waals surface area contributed by atoms with Crippen molar-refractivity contribution in [2.75, 3.05) is 4.90 Å². The molecular weight excluding hydrogens is 655 g/mol. The summed E-state index contributed by atoms with van der Waals surface area (Å²) in [5.74, 6) is 0. The standard InChI is InChI=1S/C52H35NO/c1-4-14-36(15-5-1)37-24-26-38(27-25-37)39-28-30-42(31-29-39)53(49-22-12-10-20-44(49)40-16-6-2-7-17-40)43-32-33-45-48(34-43)47(41-18-8-3-9-19-41)35-51-52(45)46-21-11-13-23-50(46)54-51/h1-35H. The van der Waals surface area contributed by atoms with Gasteiger partial charge in [0.2, 0.25) is 0 Å². The molecule has 0 radical (unpaired) electrons. The number of benzene rings is 9. The molecule has 9 aromatic carbocycles. The van der Waals surface area contributed by atoms with Crippen molar-refractivity contribution in [3.63, 3.8) is 0 Å². The van der Waals surface area contributed by atoms with Gasteiger partial charge >= 0.3 is 0 Å². The summed E-state index contributed by atoms with van der Waals surface area (Å²) in [4.78, 5) is 2.40. The third-order valence-electron chi connectivity index (χ3n) is 10.5. The Morgan fingerprint density at radius 1 is 0.296 bits per heavy atom. The fraction of sp³-hybridized carbons (Fsp3) is 0. The first-order chi connectivity index (χ1) is 26.8. The summed E-state index contributed by atoms with van der Waals surface area (Å²) in [6.45, 7) is 0. The summed E-state index contributed by atoms with van der Waals surface area (Å²) < 4.78 is 6.47. The number of fused-ring (bicyclic) bond motifs is 5. The predicted molar refractivity (Wildman–Crippen MR) is 228 cm³/mol. The van der Waals surface area contributed by atoms with E-state index in [1.54, 1.807) is 0 Å². The lowest BCUT2D eigenvalue weighted by Gasteiger charge is -2.28. The van der Waals surface area contributed by atoms with E-state index in [0.717, 1.165) is 50.1 Å². The van der Waals surface area contributed by atoms with Crippen LogP contribution in [0, 0.1) is 0 Å². The van der Waals surface area contributed by atoms with Crippen LogP contribution >= 0.6 is 0 Å². The minimum absolute atomic E-state index is 0.897. The van der Waals surface area contributed by atoms with Gasteiger partial charge in [-0.2, -0.15) is 0 Å². The van der Waals surface area contributed by atoms with Crippen LogP contribution < -0.4 is 4.90 Å². The Kier molecular flexibility index (Phi) is 7.85. The highest BCUT2D eigenvalue weighted by molar-refractivity contribution is 6.22. The number of hydrogen-bond acceptors (Lipinski definition) is 2. The van der Waals surface area contributed by atoms with E-state index in [1.807, 2.05) is 6.07 Å². The minimum atomic E-state index is 0.897. The molecule has 1 aromatic heterocycles. The van der Waals surface area contributed by atoms with Crippen LogP contribution in [-0.4, -0.2) is 0 Å². The highest BCUT2D eigenvalue weighted by atomic mass is 16.3. The van der Waals surface area contributed by atoms with E-state index in [0.29, 0.717) is 0 Å². The number of hydrogen-bond donors (Lipinski definition) is 0. The quantitative estimate of drug-likeness (QED) is 0.166. The van der Waals surface area contributed by atoms with Crippen molar-refractivity contribution < 1.29 is 4.42 Å². The molecule has 10 aromatic rings. The van der Waals surface area contributed by atoms with Gasteiger partial charge in [-0.05, 0) is 92.2 Å². The summed E-state index contributed by atoms with van der Waals surface area (Å²) in [6, 6.07) is 75.8. The first-order valence-electron chi connectivity index (χ1n) is 18.4. The van der Waals surface area contributed by atoms with E-state index in [4.69, 9.17) is 4.42 Å². The number of nitrogens with zero attached hydrogens (tertiary/aromatic N) is 1. The van der Waals surface area contributed by atoms with Gasteiger partial charge in [-0.25, -0.2) is 0 Å². The lowest BCUT2D eigenvalue weighted by atomic mass is 9.94. The van der Waals surface area contributed by atoms with Crippen LogP contribution in [0.15, 0.2) is 217 Å². The van der Waals surface area contributed by atoms with Crippen LogP contribution in [0.25, 0.3) is 77.2 Å². The van der Waals surface area contributed by atoms with Crippen molar-refractivity contribution in [2.45, 2.75) is 0 Å². The second-order valence-corrected chi connectivity index (χ2v) is 13.7. The molecule has 2 nitrogen and oxygen atoms in total. The summed E-state index contributed by atoms with van der Waals surface area (Å²) in [5, 5.41) is 4.62. The summed E-state index contributed by atoms with van der Waals surface area (Å²) >= 11 is 0. The Balaban J connectivity index is 1.16. The average molecular weight is 690 g/mol. The fourth-order valence-corrected chi connectivity index (χ4v) is 7.87. The number of furan rings is 1. The SMILES string of the molecule is c1ccc(-c2ccc(-c3ccc(N(c4ccc5c(c4)c(-c4ccccc4)cc4oc6ccccc6c45)c4ccccc4-c4ccccc4)cc3)cc2)cc1. The molecule has 0 spiro atoms. The Morgan fingerprint density at radius 2 is 0.796 bits per heavy atom. The third kappa shape index (κ3) is 5.62. The van der Waals surface area contributed by atoms with E-state index in [1.165, 1.54) is 44.2 Å². The smallest absolute Gasteiger partial charge is 0.136 e. The molecule has 10 rings (SSSR count). The lowest BCUT2D eigenvalue weighted by Crippen LogP contribution is -2.11. The molecule has 0 N–H and O–H groups in total. The largest absolute Gasteiger partial charge is 0.456 e. The molecule has 0 aliphatic carbocycles. The van der Waals surface area contributed by atoms with Crippen LogP contribution in [0.1, 0.15) is 0 Å². The zero-order valence-corrected chi connectivity index (χ0v) is 29.6. The van der Waals surface area contributed by atoms with E-state index >= 15 is 0 Å². The van der Waals surface area contributed by atoms with Crippen LogP contribution in [0.5, 0.6) is 0 Å². The Labute approximate surface area is 314 Å². The van der Waals surface area contributed by atoms with E-state index in [2.05, 4.69) is 211 Å². The Hall–Kier alpha value is -7.16. The summed E-state index contributed by atoms with van der Waals surface area (Å²) in [6.07, 6.45) is 0. The maximum atomic E-state index is 6.47. The van der Waals surface area contributed by atoms with Gasteiger partial charge in [0, 0.05) is 27.7 Å². The van der Waals surface area contributed by atoms with Crippen molar-refractivity contribution in [2.24, 2.45) is 0 Å². The molecule has 0 fully saturated rings. The molecule has 0 atom stereocenters. The van der Waals surface area contributed by atoms with Gasteiger partial charge in [-0.3, -0.25) is 0 Å². The number of anilines is 3. The van der Waals surface area contributed by atoms with Gasteiger partial charge in [0.05, 0.1) is 5.69 Å². The Morgan fingerprint density at radius 3 is 1.46 bits per heavy atom. The average Bonchev–Trinajstić information content (AvgIpc) is 3.64. The van der Waals surface area contributed by atoms with Gasteiger partial charge in [0.25, 0.3) is 0 Å². The molecule has 1 heterocycles.